The van der Waals surface area contributed by atoms with Crippen LogP contribution in [0.25, 0.3) is 5.65 Å². The van der Waals surface area contributed by atoms with Gasteiger partial charge in [0.2, 0.25) is 0 Å². The minimum absolute atomic E-state index is 0.186. The molecular formula is C18H18ClN3O. The van der Waals surface area contributed by atoms with Gasteiger partial charge in [-0.25, -0.2) is 4.98 Å². The lowest BCUT2D eigenvalue weighted by Gasteiger charge is -2.09. The predicted molar refractivity (Wildman–Crippen MR) is 93.4 cm³/mol. The molecule has 0 bridgehead atoms. The van der Waals surface area contributed by atoms with Crippen LogP contribution in [0, 0.1) is 6.92 Å². The van der Waals surface area contributed by atoms with Gasteiger partial charge in [-0.3, -0.25) is 9.20 Å². The fourth-order valence-electron chi connectivity index (χ4n) is 2.55. The second-order valence-electron chi connectivity index (χ2n) is 5.85. The van der Waals surface area contributed by atoms with E-state index >= 15 is 0 Å². The van der Waals surface area contributed by atoms with E-state index in [-0.39, 0.29) is 5.91 Å². The molecule has 2 heterocycles. The molecule has 0 aliphatic heterocycles. The van der Waals surface area contributed by atoms with Gasteiger partial charge in [-0.1, -0.05) is 37.6 Å². The van der Waals surface area contributed by atoms with Crippen LogP contribution in [-0.2, 0) is 0 Å². The van der Waals surface area contributed by atoms with Gasteiger partial charge < -0.3 is 5.32 Å². The SMILES string of the molecule is Cc1nc2cc(Cl)ccn2c1C(=O)Nc1ccc(C(C)C)cc1. The number of rotatable bonds is 3. The molecule has 5 heteroatoms. The highest BCUT2D eigenvalue weighted by molar-refractivity contribution is 6.30. The summed E-state index contributed by atoms with van der Waals surface area (Å²) >= 11 is 5.98. The zero-order valence-electron chi connectivity index (χ0n) is 13.3. The van der Waals surface area contributed by atoms with Gasteiger partial charge in [0.1, 0.15) is 11.3 Å². The van der Waals surface area contributed by atoms with Gasteiger partial charge >= 0.3 is 0 Å². The van der Waals surface area contributed by atoms with Gasteiger partial charge in [0.25, 0.3) is 5.91 Å². The third-order valence-electron chi connectivity index (χ3n) is 3.81. The number of carbonyl (C=O) groups is 1. The van der Waals surface area contributed by atoms with Crippen molar-refractivity contribution < 1.29 is 4.79 Å². The first kappa shape index (κ1) is 15.6. The number of hydrogen-bond acceptors (Lipinski definition) is 2. The van der Waals surface area contributed by atoms with Gasteiger partial charge in [0.05, 0.1) is 5.69 Å². The van der Waals surface area contributed by atoms with Crippen molar-refractivity contribution in [2.24, 2.45) is 0 Å². The standard InChI is InChI=1S/C18H18ClN3O/c1-11(2)13-4-6-15(7-5-13)21-18(23)17-12(3)20-16-10-14(19)8-9-22(16)17/h4-11H,1-3H3,(H,21,23). The summed E-state index contributed by atoms with van der Waals surface area (Å²) < 4.78 is 1.75. The van der Waals surface area contributed by atoms with Crippen LogP contribution < -0.4 is 5.32 Å². The first-order chi connectivity index (χ1) is 11.0. The first-order valence-corrected chi connectivity index (χ1v) is 7.89. The molecule has 0 atom stereocenters. The Morgan fingerprint density at radius 2 is 1.91 bits per heavy atom. The van der Waals surface area contributed by atoms with Gasteiger partial charge in [-0.05, 0) is 36.6 Å². The molecule has 0 fully saturated rings. The lowest BCUT2D eigenvalue weighted by molar-refractivity contribution is 0.102. The number of fused-ring (bicyclic) bond motifs is 1. The number of carbonyl (C=O) groups excluding carboxylic acids is 1. The Morgan fingerprint density at radius 1 is 1.22 bits per heavy atom. The Morgan fingerprint density at radius 3 is 2.57 bits per heavy atom. The Bertz CT molecular complexity index is 866. The average Bonchev–Trinajstić information content (AvgIpc) is 2.82. The molecule has 0 aliphatic carbocycles. The molecule has 4 nitrogen and oxygen atoms in total. The van der Waals surface area contributed by atoms with E-state index in [4.69, 9.17) is 11.6 Å². The van der Waals surface area contributed by atoms with E-state index in [1.807, 2.05) is 31.2 Å². The van der Waals surface area contributed by atoms with E-state index in [0.29, 0.717) is 28.0 Å². The van der Waals surface area contributed by atoms with Gasteiger partial charge in [-0.15, -0.1) is 0 Å². The lowest BCUT2D eigenvalue weighted by atomic mass is 10.0. The van der Waals surface area contributed by atoms with E-state index < -0.39 is 0 Å². The van der Waals surface area contributed by atoms with E-state index in [0.717, 1.165) is 5.69 Å². The van der Waals surface area contributed by atoms with Gasteiger partial charge in [0, 0.05) is 23.0 Å². The van der Waals surface area contributed by atoms with Gasteiger partial charge in [0.15, 0.2) is 0 Å². The maximum Gasteiger partial charge on any atom is 0.274 e. The second kappa shape index (κ2) is 6.05. The normalized spacial score (nSPS) is 11.2. The highest BCUT2D eigenvalue weighted by atomic mass is 35.5. The van der Waals surface area contributed by atoms with E-state index in [2.05, 4.69) is 24.1 Å². The van der Waals surface area contributed by atoms with Crippen molar-refractivity contribution >= 4 is 28.8 Å². The maximum absolute atomic E-state index is 12.6. The molecule has 3 rings (SSSR count). The molecular weight excluding hydrogens is 310 g/mol. The van der Waals surface area contributed by atoms with Crippen LogP contribution >= 0.6 is 11.6 Å². The topological polar surface area (TPSA) is 46.4 Å². The summed E-state index contributed by atoms with van der Waals surface area (Å²) in [6.45, 7) is 6.10. The van der Waals surface area contributed by atoms with Crippen molar-refractivity contribution in [1.29, 1.82) is 0 Å². The van der Waals surface area contributed by atoms with Crippen molar-refractivity contribution in [2.45, 2.75) is 26.7 Å². The van der Waals surface area contributed by atoms with E-state index in [1.54, 1.807) is 22.7 Å². The number of nitrogens with zero attached hydrogens (tertiary/aromatic N) is 2. The molecule has 23 heavy (non-hydrogen) atoms. The average molecular weight is 328 g/mol. The first-order valence-electron chi connectivity index (χ1n) is 7.51. The number of amides is 1. The van der Waals surface area contributed by atoms with Crippen LogP contribution in [0.4, 0.5) is 5.69 Å². The monoisotopic (exact) mass is 327 g/mol. The minimum Gasteiger partial charge on any atom is -0.321 e. The molecule has 2 aromatic heterocycles. The molecule has 0 aliphatic rings. The second-order valence-corrected chi connectivity index (χ2v) is 6.29. The number of benzene rings is 1. The molecule has 0 saturated carbocycles. The number of pyridine rings is 1. The van der Waals surface area contributed by atoms with Crippen LogP contribution in [0.2, 0.25) is 5.02 Å². The third-order valence-corrected chi connectivity index (χ3v) is 4.05. The molecule has 1 aromatic carbocycles. The van der Waals surface area contributed by atoms with Crippen molar-refractivity contribution in [2.75, 3.05) is 5.32 Å². The number of hydrogen-bond donors (Lipinski definition) is 1. The lowest BCUT2D eigenvalue weighted by Crippen LogP contribution is -2.15. The number of anilines is 1. The number of nitrogens with one attached hydrogen (secondary N) is 1. The zero-order valence-corrected chi connectivity index (χ0v) is 14.1. The fraction of sp³-hybridized carbons (Fsp3) is 0.222. The summed E-state index contributed by atoms with van der Waals surface area (Å²) in [7, 11) is 0. The molecule has 0 saturated heterocycles. The fourth-order valence-corrected chi connectivity index (χ4v) is 2.71. The smallest absolute Gasteiger partial charge is 0.274 e. The van der Waals surface area contributed by atoms with Crippen molar-refractivity contribution in [3.8, 4) is 0 Å². The van der Waals surface area contributed by atoms with Crippen LogP contribution in [0.5, 0.6) is 0 Å². The Hall–Kier alpha value is -2.33. The number of halogens is 1. The van der Waals surface area contributed by atoms with Gasteiger partial charge in [-0.2, -0.15) is 0 Å². The number of imidazole rings is 1. The summed E-state index contributed by atoms with van der Waals surface area (Å²) in [5.41, 5.74) is 3.86. The molecule has 0 spiro atoms. The van der Waals surface area contributed by atoms with Crippen molar-refractivity contribution in [1.82, 2.24) is 9.38 Å². The molecule has 0 unspecified atom stereocenters. The molecule has 0 radical (unpaired) electrons. The largest absolute Gasteiger partial charge is 0.321 e. The third kappa shape index (κ3) is 3.08. The Labute approximate surface area is 140 Å². The van der Waals surface area contributed by atoms with Crippen molar-refractivity contribution in [3.05, 3.63) is 64.6 Å². The predicted octanol–water partition coefficient (Wildman–Crippen LogP) is 4.67. The summed E-state index contributed by atoms with van der Waals surface area (Å²) in [4.78, 5) is 17.0. The minimum atomic E-state index is -0.186. The molecule has 1 amide bonds. The molecule has 3 aromatic rings. The highest BCUT2D eigenvalue weighted by Crippen LogP contribution is 2.20. The Balaban J connectivity index is 1.90. The van der Waals surface area contributed by atoms with Crippen LogP contribution in [-0.4, -0.2) is 15.3 Å². The quantitative estimate of drug-likeness (QED) is 0.759. The number of aromatic nitrogens is 2. The van der Waals surface area contributed by atoms with Crippen LogP contribution in [0.1, 0.15) is 41.5 Å². The van der Waals surface area contributed by atoms with Crippen LogP contribution in [0.3, 0.4) is 0 Å². The van der Waals surface area contributed by atoms with E-state index in [9.17, 15) is 4.79 Å². The van der Waals surface area contributed by atoms with Crippen LogP contribution in [0.15, 0.2) is 42.6 Å². The van der Waals surface area contributed by atoms with Crippen molar-refractivity contribution in [3.63, 3.8) is 0 Å². The molecule has 118 valence electrons. The summed E-state index contributed by atoms with van der Waals surface area (Å²) in [6.07, 6.45) is 1.76. The Kier molecular flexibility index (Phi) is 4.09. The van der Waals surface area contributed by atoms with E-state index in [1.165, 1.54) is 5.56 Å². The maximum atomic E-state index is 12.6. The summed E-state index contributed by atoms with van der Waals surface area (Å²) in [6, 6.07) is 11.4. The summed E-state index contributed by atoms with van der Waals surface area (Å²) in [5, 5.41) is 3.52. The molecule has 1 N–H and O–H groups in total. The number of aryl methyl sites for hydroxylation is 1. The highest BCUT2D eigenvalue weighted by Gasteiger charge is 2.17. The zero-order chi connectivity index (χ0) is 16.6. The summed E-state index contributed by atoms with van der Waals surface area (Å²) in [5.74, 6) is 0.278.